The van der Waals surface area contributed by atoms with Crippen LogP contribution in [0.5, 0.6) is 0 Å². The lowest BCUT2D eigenvalue weighted by molar-refractivity contribution is 0.626. The van der Waals surface area contributed by atoms with Crippen molar-refractivity contribution in [3.05, 3.63) is 75.1 Å². The Morgan fingerprint density at radius 3 is 2.75 bits per heavy atom. The van der Waals surface area contributed by atoms with Gasteiger partial charge in [-0.1, -0.05) is 39.7 Å². The number of aromatic nitrogens is 1. The lowest BCUT2D eigenvalue weighted by Crippen LogP contribution is -1.93. The molecule has 20 heavy (non-hydrogen) atoms. The van der Waals surface area contributed by atoms with Gasteiger partial charge in [0.25, 0.3) is 0 Å². The standard InChI is InChI=1S/C16H10BrClFN/c17-13-4-5-15-11(9-13)8-12(16(18)20-15)6-10-2-1-3-14(19)7-10/h1-5,7-9H,6H2. The zero-order valence-electron chi connectivity index (χ0n) is 10.4. The van der Waals surface area contributed by atoms with Crippen LogP contribution in [0.15, 0.2) is 53.0 Å². The molecule has 0 aliphatic heterocycles. The van der Waals surface area contributed by atoms with E-state index in [9.17, 15) is 4.39 Å². The Bertz CT molecular complexity index is 789. The molecule has 100 valence electrons. The normalized spacial score (nSPS) is 10.9. The molecule has 0 aliphatic rings. The molecular formula is C16H10BrClFN. The molecule has 0 saturated carbocycles. The largest absolute Gasteiger partial charge is 0.236 e. The summed E-state index contributed by atoms with van der Waals surface area (Å²) in [7, 11) is 0. The Morgan fingerprint density at radius 1 is 1.10 bits per heavy atom. The summed E-state index contributed by atoms with van der Waals surface area (Å²) in [6, 6.07) is 14.4. The van der Waals surface area contributed by atoms with Crippen LogP contribution in [0.2, 0.25) is 5.15 Å². The van der Waals surface area contributed by atoms with Gasteiger partial charge in [0.2, 0.25) is 0 Å². The van der Waals surface area contributed by atoms with Gasteiger partial charge < -0.3 is 0 Å². The van der Waals surface area contributed by atoms with E-state index in [1.807, 2.05) is 30.3 Å². The summed E-state index contributed by atoms with van der Waals surface area (Å²) in [4.78, 5) is 4.39. The molecule has 0 fully saturated rings. The van der Waals surface area contributed by atoms with Gasteiger partial charge >= 0.3 is 0 Å². The minimum Gasteiger partial charge on any atom is -0.236 e. The Hall–Kier alpha value is -1.45. The molecule has 0 bridgehead atoms. The summed E-state index contributed by atoms with van der Waals surface area (Å²) >= 11 is 9.66. The third-order valence-corrected chi connectivity index (χ3v) is 3.91. The van der Waals surface area contributed by atoms with Gasteiger partial charge in [-0.15, -0.1) is 0 Å². The van der Waals surface area contributed by atoms with Crippen LogP contribution in [-0.2, 0) is 6.42 Å². The summed E-state index contributed by atoms with van der Waals surface area (Å²) in [5.74, 6) is -0.241. The molecule has 0 unspecified atom stereocenters. The first-order valence-electron chi connectivity index (χ1n) is 6.11. The van der Waals surface area contributed by atoms with Gasteiger partial charge in [-0.3, -0.25) is 0 Å². The Morgan fingerprint density at radius 2 is 1.95 bits per heavy atom. The van der Waals surface area contributed by atoms with Crippen LogP contribution in [0.1, 0.15) is 11.1 Å². The third-order valence-electron chi connectivity index (χ3n) is 3.09. The van der Waals surface area contributed by atoms with Crippen LogP contribution in [-0.4, -0.2) is 4.98 Å². The molecule has 3 aromatic rings. The number of hydrogen-bond acceptors (Lipinski definition) is 1. The highest BCUT2D eigenvalue weighted by Crippen LogP contribution is 2.25. The molecular weight excluding hydrogens is 341 g/mol. The van der Waals surface area contributed by atoms with E-state index < -0.39 is 0 Å². The molecule has 1 aromatic heterocycles. The van der Waals surface area contributed by atoms with E-state index in [2.05, 4.69) is 20.9 Å². The predicted octanol–water partition coefficient (Wildman–Crippen LogP) is 5.38. The van der Waals surface area contributed by atoms with Crippen molar-refractivity contribution in [3.8, 4) is 0 Å². The second-order valence-electron chi connectivity index (χ2n) is 4.58. The van der Waals surface area contributed by atoms with Crippen molar-refractivity contribution < 1.29 is 4.39 Å². The maximum Gasteiger partial charge on any atom is 0.133 e. The van der Waals surface area contributed by atoms with Crippen LogP contribution in [0.4, 0.5) is 4.39 Å². The smallest absolute Gasteiger partial charge is 0.133 e. The van der Waals surface area contributed by atoms with E-state index in [-0.39, 0.29) is 5.82 Å². The molecule has 0 atom stereocenters. The van der Waals surface area contributed by atoms with Gasteiger partial charge in [0.1, 0.15) is 11.0 Å². The molecule has 4 heteroatoms. The molecule has 0 amide bonds. The van der Waals surface area contributed by atoms with Gasteiger partial charge in [0.05, 0.1) is 5.52 Å². The van der Waals surface area contributed by atoms with Crippen LogP contribution in [0.3, 0.4) is 0 Å². The van der Waals surface area contributed by atoms with E-state index in [4.69, 9.17) is 11.6 Å². The molecule has 2 aromatic carbocycles. The quantitative estimate of drug-likeness (QED) is 0.565. The Kier molecular flexibility index (Phi) is 3.72. The van der Waals surface area contributed by atoms with Gasteiger partial charge in [0.15, 0.2) is 0 Å². The van der Waals surface area contributed by atoms with Gasteiger partial charge in [-0.2, -0.15) is 0 Å². The van der Waals surface area contributed by atoms with Crippen LogP contribution >= 0.6 is 27.5 Å². The Labute approximate surface area is 129 Å². The van der Waals surface area contributed by atoms with Crippen molar-refractivity contribution in [1.82, 2.24) is 4.98 Å². The molecule has 3 rings (SSSR count). The highest BCUT2D eigenvalue weighted by molar-refractivity contribution is 9.10. The zero-order valence-corrected chi connectivity index (χ0v) is 12.7. The SMILES string of the molecule is Fc1cccc(Cc2cc3cc(Br)ccc3nc2Cl)c1. The minimum absolute atomic E-state index is 0.241. The third kappa shape index (κ3) is 2.84. The van der Waals surface area contributed by atoms with Gasteiger partial charge in [0, 0.05) is 16.3 Å². The first-order chi connectivity index (χ1) is 9.61. The topological polar surface area (TPSA) is 12.9 Å². The molecule has 1 nitrogen and oxygen atoms in total. The zero-order chi connectivity index (χ0) is 14.1. The van der Waals surface area contributed by atoms with E-state index in [0.29, 0.717) is 11.6 Å². The van der Waals surface area contributed by atoms with Crippen LogP contribution in [0.25, 0.3) is 10.9 Å². The Balaban J connectivity index is 2.04. The van der Waals surface area contributed by atoms with Crippen LogP contribution < -0.4 is 0 Å². The average Bonchev–Trinajstić information content (AvgIpc) is 2.40. The fourth-order valence-electron chi connectivity index (χ4n) is 2.16. The van der Waals surface area contributed by atoms with Crippen molar-refractivity contribution in [3.63, 3.8) is 0 Å². The number of hydrogen-bond donors (Lipinski definition) is 0. The van der Waals surface area contributed by atoms with E-state index in [1.54, 1.807) is 6.07 Å². The van der Waals surface area contributed by atoms with Gasteiger partial charge in [-0.25, -0.2) is 9.37 Å². The van der Waals surface area contributed by atoms with Crippen molar-refractivity contribution in [2.45, 2.75) is 6.42 Å². The average molecular weight is 351 g/mol. The second kappa shape index (κ2) is 5.51. The molecule has 0 N–H and O–H groups in total. The molecule has 1 heterocycles. The second-order valence-corrected chi connectivity index (χ2v) is 5.86. The maximum absolute atomic E-state index is 13.2. The number of rotatable bonds is 2. The van der Waals surface area contributed by atoms with Crippen molar-refractivity contribution in [2.75, 3.05) is 0 Å². The lowest BCUT2D eigenvalue weighted by Gasteiger charge is -2.07. The summed E-state index contributed by atoms with van der Waals surface area (Å²) in [6.45, 7) is 0. The number of pyridine rings is 1. The monoisotopic (exact) mass is 349 g/mol. The first-order valence-corrected chi connectivity index (χ1v) is 7.28. The van der Waals surface area contributed by atoms with Crippen molar-refractivity contribution >= 4 is 38.4 Å². The minimum atomic E-state index is -0.241. The van der Waals surface area contributed by atoms with E-state index in [0.717, 1.165) is 26.5 Å². The van der Waals surface area contributed by atoms with E-state index >= 15 is 0 Å². The van der Waals surface area contributed by atoms with Gasteiger partial charge in [-0.05, 0) is 47.5 Å². The summed E-state index contributed by atoms with van der Waals surface area (Å²) < 4.78 is 14.2. The lowest BCUT2D eigenvalue weighted by atomic mass is 10.0. The van der Waals surface area contributed by atoms with Crippen molar-refractivity contribution in [2.24, 2.45) is 0 Å². The molecule has 0 radical (unpaired) electrons. The first kappa shape index (κ1) is 13.5. The molecule has 0 aliphatic carbocycles. The maximum atomic E-state index is 13.2. The van der Waals surface area contributed by atoms with E-state index in [1.165, 1.54) is 12.1 Å². The summed E-state index contributed by atoms with van der Waals surface area (Å²) in [5.41, 5.74) is 2.62. The van der Waals surface area contributed by atoms with Crippen molar-refractivity contribution in [1.29, 1.82) is 0 Å². The molecule has 0 saturated heterocycles. The summed E-state index contributed by atoms with van der Waals surface area (Å²) in [6.07, 6.45) is 0.562. The molecule has 0 spiro atoms. The number of halogens is 3. The fourth-order valence-corrected chi connectivity index (χ4v) is 2.75. The summed E-state index contributed by atoms with van der Waals surface area (Å²) in [5, 5.41) is 1.47. The highest BCUT2D eigenvalue weighted by atomic mass is 79.9. The number of nitrogens with zero attached hydrogens (tertiary/aromatic N) is 1. The van der Waals surface area contributed by atoms with Crippen LogP contribution in [0, 0.1) is 5.82 Å². The number of benzene rings is 2. The number of fused-ring (bicyclic) bond motifs is 1. The predicted molar refractivity (Wildman–Crippen MR) is 83.7 cm³/mol. The highest BCUT2D eigenvalue weighted by Gasteiger charge is 2.07. The fraction of sp³-hybridized carbons (Fsp3) is 0.0625.